The van der Waals surface area contributed by atoms with E-state index in [1.54, 1.807) is 5.38 Å². The quantitative estimate of drug-likeness (QED) is 0.582. The minimum atomic E-state index is -0.131. The molecule has 4 nitrogen and oxygen atoms in total. The molecule has 0 bridgehead atoms. The highest BCUT2D eigenvalue weighted by atomic mass is 32.1. The molecule has 0 fully saturated rings. The lowest BCUT2D eigenvalue weighted by Gasteiger charge is -1.88. The highest BCUT2D eigenvalue weighted by Gasteiger charge is 2.01. The summed E-state index contributed by atoms with van der Waals surface area (Å²) in [6.45, 7) is 0. The number of nitrogens with one attached hydrogen (secondary N) is 1. The molecule has 11 heavy (non-hydrogen) atoms. The lowest BCUT2D eigenvalue weighted by molar-refractivity contribution is 1.23. The van der Waals surface area contributed by atoms with Gasteiger partial charge in [-0.3, -0.25) is 4.79 Å². The first-order valence-electron chi connectivity index (χ1n) is 2.87. The van der Waals surface area contributed by atoms with Crippen LogP contribution < -0.4 is 11.1 Å². The lowest BCUT2D eigenvalue weighted by Crippen LogP contribution is -2.17. The number of hydrogen-bond acceptors (Lipinski definition) is 4. The Morgan fingerprint density at radius 3 is 3.27 bits per heavy atom. The number of fused-ring (bicyclic) bond motifs is 1. The summed E-state index contributed by atoms with van der Waals surface area (Å²) in [5, 5.41) is 2.24. The van der Waals surface area contributed by atoms with E-state index in [1.165, 1.54) is 11.5 Å². The summed E-state index contributed by atoms with van der Waals surface area (Å²) in [6, 6.07) is 0. The van der Waals surface area contributed by atoms with Crippen LogP contribution in [-0.2, 0) is 0 Å². The van der Waals surface area contributed by atoms with Gasteiger partial charge < -0.3 is 4.98 Å². The number of hydrogen-bond donors (Lipinski definition) is 1. The second kappa shape index (κ2) is 2.36. The number of rotatable bonds is 0. The molecule has 0 radical (unpaired) electrons. The highest BCUT2D eigenvalue weighted by Crippen LogP contribution is 2.05. The van der Waals surface area contributed by atoms with Crippen molar-refractivity contribution >= 4 is 37.4 Å². The van der Waals surface area contributed by atoms with Gasteiger partial charge in [-0.05, 0) is 11.5 Å². The van der Waals surface area contributed by atoms with Gasteiger partial charge in [-0.15, -0.1) is 0 Å². The fraction of sp³-hybridized carbons (Fsp3) is 0. The molecule has 2 aromatic rings. The van der Waals surface area contributed by atoms with Gasteiger partial charge in [0.15, 0.2) is 5.65 Å². The Bertz CT molecular complexity index is 448. The summed E-state index contributed by atoms with van der Waals surface area (Å²) in [4.78, 5) is 17.7. The zero-order chi connectivity index (χ0) is 7.84. The van der Waals surface area contributed by atoms with E-state index < -0.39 is 0 Å². The molecule has 0 aliphatic heterocycles. The SMILES string of the molecule is O=c1[nH]c(P)nc2nscc12. The van der Waals surface area contributed by atoms with E-state index in [9.17, 15) is 4.79 Å². The van der Waals surface area contributed by atoms with Crippen molar-refractivity contribution in [2.24, 2.45) is 0 Å². The minimum absolute atomic E-state index is 0.131. The maximum absolute atomic E-state index is 11.1. The van der Waals surface area contributed by atoms with Gasteiger partial charge in [0.25, 0.3) is 5.56 Å². The van der Waals surface area contributed by atoms with E-state index >= 15 is 0 Å². The Hall–Kier alpha value is -0.800. The van der Waals surface area contributed by atoms with Gasteiger partial charge in [-0.2, -0.15) is 4.37 Å². The number of nitrogens with zero attached hydrogens (tertiary/aromatic N) is 2. The predicted octanol–water partition coefficient (Wildman–Crippen LogP) is -0.120. The first-order chi connectivity index (χ1) is 5.27. The fourth-order valence-corrected chi connectivity index (χ4v) is 1.66. The number of aromatic amines is 1. The summed E-state index contributed by atoms with van der Waals surface area (Å²) >= 11 is 1.23. The summed E-state index contributed by atoms with van der Waals surface area (Å²) in [6.07, 6.45) is 0. The molecule has 2 heterocycles. The molecule has 2 rings (SSSR count). The average molecular weight is 185 g/mol. The number of H-pyrrole nitrogens is 1. The van der Waals surface area contributed by atoms with Crippen LogP contribution in [0, 0.1) is 0 Å². The molecule has 1 N–H and O–H groups in total. The maximum atomic E-state index is 11.1. The van der Waals surface area contributed by atoms with Crippen molar-refractivity contribution in [2.75, 3.05) is 0 Å². The van der Waals surface area contributed by atoms with E-state index in [4.69, 9.17) is 0 Å². The minimum Gasteiger partial charge on any atom is -0.307 e. The third kappa shape index (κ3) is 1.06. The van der Waals surface area contributed by atoms with Crippen molar-refractivity contribution in [3.05, 3.63) is 15.7 Å². The van der Waals surface area contributed by atoms with Gasteiger partial charge in [0.1, 0.15) is 5.57 Å². The van der Waals surface area contributed by atoms with Crippen LogP contribution in [-0.4, -0.2) is 14.3 Å². The topological polar surface area (TPSA) is 58.6 Å². The Labute approximate surface area is 68.0 Å². The largest absolute Gasteiger partial charge is 0.307 e. The third-order valence-electron chi connectivity index (χ3n) is 1.26. The van der Waals surface area contributed by atoms with Crippen LogP contribution in [0.3, 0.4) is 0 Å². The zero-order valence-corrected chi connectivity index (χ0v) is 7.34. The lowest BCUT2D eigenvalue weighted by atomic mass is 10.4. The van der Waals surface area contributed by atoms with Crippen molar-refractivity contribution < 1.29 is 0 Å². The van der Waals surface area contributed by atoms with Crippen molar-refractivity contribution in [1.29, 1.82) is 0 Å². The van der Waals surface area contributed by atoms with Crippen molar-refractivity contribution in [2.45, 2.75) is 0 Å². The Morgan fingerprint density at radius 2 is 2.45 bits per heavy atom. The van der Waals surface area contributed by atoms with E-state index in [0.717, 1.165) is 0 Å². The van der Waals surface area contributed by atoms with Crippen molar-refractivity contribution in [3.63, 3.8) is 0 Å². The molecule has 0 saturated carbocycles. The summed E-state index contributed by atoms with van der Waals surface area (Å²) in [5.41, 5.74) is 0.908. The van der Waals surface area contributed by atoms with Crippen molar-refractivity contribution in [1.82, 2.24) is 14.3 Å². The van der Waals surface area contributed by atoms with Crippen LogP contribution in [0.5, 0.6) is 0 Å². The van der Waals surface area contributed by atoms with Gasteiger partial charge in [0.2, 0.25) is 0 Å². The van der Waals surface area contributed by atoms with Gasteiger partial charge in [-0.25, -0.2) is 4.98 Å². The Kier molecular flexibility index (Phi) is 1.47. The zero-order valence-electron chi connectivity index (χ0n) is 5.37. The standard InChI is InChI=1S/C5H4N3OPS/c9-4-2-1-11-8-3(2)6-5(10)7-4/h1H,10H2,(H,6,7,8,9). The molecule has 0 saturated heterocycles. The molecule has 1 unspecified atom stereocenters. The van der Waals surface area contributed by atoms with Crippen LogP contribution in [0.25, 0.3) is 11.0 Å². The molecule has 6 heteroatoms. The van der Waals surface area contributed by atoms with Crippen LogP contribution in [0.1, 0.15) is 0 Å². The number of aromatic nitrogens is 3. The summed E-state index contributed by atoms with van der Waals surface area (Å²) in [5.74, 6) is 0. The normalized spacial score (nSPS) is 10.6. The molecular formula is C5H4N3OPS. The second-order valence-electron chi connectivity index (χ2n) is 2.00. The highest BCUT2D eigenvalue weighted by molar-refractivity contribution is 7.26. The first kappa shape index (κ1) is 6.88. The molecule has 1 atom stereocenters. The van der Waals surface area contributed by atoms with Crippen LogP contribution >= 0.6 is 20.8 Å². The molecule has 2 aromatic heterocycles. The van der Waals surface area contributed by atoms with E-state index in [1.807, 2.05) is 0 Å². The molecule has 0 aromatic carbocycles. The molecule has 0 amide bonds. The van der Waals surface area contributed by atoms with E-state index in [2.05, 4.69) is 23.6 Å². The predicted molar refractivity (Wildman–Crippen MR) is 47.4 cm³/mol. The van der Waals surface area contributed by atoms with Gasteiger partial charge in [-0.1, -0.05) is 9.24 Å². The average Bonchev–Trinajstić information content (AvgIpc) is 2.34. The van der Waals surface area contributed by atoms with Crippen LogP contribution in [0.2, 0.25) is 0 Å². The Morgan fingerprint density at radius 1 is 1.64 bits per heavy atom. The summed E-state index contributed by atoms with van der Waals surface area (Å²) in [7, 11) is 2.33. The molecular weight excluding hydrogens is 181 g/mol. The van der Waals surface area contributed by atoms with E-state index in [0.29, 0.717) is 16.6 Å². The van der Waals surface area contributed by atoms with Crippen LogP contribution in [0.15, 0.2) is 10.2 Å². The van der Waals surface area contributed by atoms with E-state index in [-0.39, 0.29) is 5.56 Å². The molecule has 56 valence electrons. The third-order valence-corrected chi connectivity index (χ3v) is 2.16. The van der Waals surface area contributed by atoms with Gasteiger partial charge in [0.05, 0.1) is 5.39 Å². The molecule has 0 aliphatic carbocycles. The van der Waals surface area contributed by atoms with Gasteiger partial charge in [0, 0.05) is 5.38 Å². The van der Waals surface area contributed by atoms with Crippen molar-refractivity contribution in [3.8, 4) is 0 Å². The summed E-state index contributed by atoms with van der Waals surface area (Å²) < 4.78 is 3.94. The van der Waals surface area contributed by atoms with Crippen LogP contribution in [0.4, 0.5) is 0 Å². The molecule has 0 aliphatic rings. The Balaban J connectivity index is 3.02. The monoisotopic (exact) mass is 185 g/mol. The second-order valence-corrected chi connectivity index (χ2v) is 3.18. The maximum Gasteiger partial charge on any atom is 0.261 e. The fourth-order valence-electron chi connectivity index (χ4n) is 0.792. The molecule has 0 spiro atoms. The smallest absolute Gasteiger partial charge is 0.261 e. The first-order valence-corrected chi connectivity index (χ1v) is 4.28. The van der Waals surface area contributed by atoms with Gasteiger partial charge >= 0.3 is 0 Å².